The van der Waals surface area contributed by atoms with Gasteiger partial charge in [-0.05, 0) is 63.2 Å². The Hall–Kier alpha value is -1.62. The molecule has 3 heterocycles. The van der Waals surface area contributed by atoms with Crippen molar-refractivity contribution in [3.8, 4) is 5.75 Å². The molecule has 0 radical (unpaired) electrons. The van der Waals surface area contributed by atoms with Gasteiger partial charge >= 0.3 is 0 Å². The van der Waals surface area contributed by atoms with Crippen LogP contribution in [0.3, 0.4) is 0 Å². The van der Waals surface area contributed by atoms with Crippen LogP contribution in [-0.2, 0) is 4.79 Å². The van der Waals surface area contributed by atoms with E-state index in [1.807, 2.05) is 12.1 Å². The molecule has 1 amide bonds. The average molecular weight is 345 g/mol. The lowest BCUT2D eigenvalue weighted by Gasteiger charge is -2.33. The van der Waals surface area contributed by atoms with Gasteiger partial charge in [0, 0.05) is 32.3 Å². The zero-order valence-corrected chi connectivity index (χ0v) is 15.2. The minimum atomic E-state index is 0.343. The molecule has 0 unspecified atom stereocenters. The maximum atomic E-state index is 12.4. The number of likely N-dealkylation sites (tertiary alicyclic amines) is 2. The van der Waals surface area contributed by atoms with Crippen molar-refractivity contribution in [2.45, 2.75) is 44.9 Å². The fraction of sp³-hybridized carbons (Fsp3) is 0.700. The minimum absolute atomic E-state index is 0.343. The summed E-state index contributed by atoms with van der Waals surface area (Å²) in [7, 11) is 0. The third-order valence-corrected chi connectivity index (χ3v) is 5.49. The third-order valence-electron chi connectivity index (χ3n) is 5.49. The Morgan fingerprint density at radius 2 is 1.96 bits per heavy atom. The van der Waals surface area contributed by atoms with E-state index in [-0.39, 0.29) is 0 Å². The Kier molecular flexibility index (Phi) is 7.10. The fourth-order valence-corrected chi connectivity index (χ4v) is 3.84. The number of rotatable bonds is 7. The Morgan fingerprint density at radius 3 is 2.68 bits per heavy atom. The zero-order chi connectivity index (χ0) is 17.3. The minimum Gasteiger partial charge on any atom is -0.492 e. The van der Waals surface area contributed by atoms with Gasteiger partial charge in [0.2, 0.25) is 5.91 Å². The monoisotopic (exact) mass is 345 g/mol. The van der Waals surface area contributed by atoms with E-state index < -0.39 is 0 Å². The van der Waals surface area contributed by atoms with Crippen molar-refractivity contribution in [3.05, 3.63) is 24.5 Å². The molecular formula is C20H31N3O2. The molecule has 0 N–H and O–H groups in total. The van der Waals surface area contributed by atoms with E-state index in [4.69, 9.17) is 4.74 Å². The molecule has 5 nitrogen and oxygen atoms in total. The third kappa shape index (κ3) is 5.99. The van der Waals surface area contributed by atoms with Crippen molar-refractivity contribution in [2.75, 3.05) is 39.3 Å². The largest absolute Gasteiger partial charge is 0.492 e. The lowest BCUT2D eigenvalue weighted by atomic mass is 9.94. The Labute approximate surface area is 151 Å². The molecule has 25 heavy (non-hydrogen) atoms. The maximum Gasteiger partial charge on any atom is 0.223 e. The van der Waals surface area contributed by atoms with Gasteiger partial charge in [0.15, 0.2) is 0 Å². The van der Waals surface area contributed by atoms with Crippen LogP contribution in [0.1, 0.15) is 44.9 Å². The van der Waals surface area contributed by atoms with Crippen LogP contribution in [-0.4, -0.2) is 60.0 Å². The molecular weight excluding hydrogens is 314 g/mol. The number of pyridine rings is 1. The van der Waals surface area contributed by atoms with Gasteiger partial charge in [0.25, 0.3) is 0 Å². The summed E-state index contributed by atoms with van der Waals surface area (Å²) in [6, 6.07) is 3.83. The second-order valence-corrected chi connectivity index (χ2v) is 7.30. The molecule has 1 aromatic heterocycles. The van der Waals surface area contributed by atoms with Crippen molar-refractivity contribution < 1.29 is 9.53 Å². The number of aromatic nitrogens is 1. The van der Waals surface area contributed by atoms with Crippen LogP contribution in [0.5, 0.6) is 5.75 Å². The van der Waals surface area contributed by atoms with Crippen LogP contribution in [0.2, 0.25) is 0 Å². The lowest BCUT2D eigenvalue weighted by Crippen LogP contribution is -2.41. The molecule has 138 valence electrons. The van der Waals surface area contributed by atoms with Gasteiger partial charge in [-0.15, -0.1) is 0 Å². The number of ether oxygens (including phenoxy) is 1. The summed E-state index contributed by atoms with van der Waals surface area (Å²) in [4.78, 5) is 21.0. The fourth-order valence-electron chi connectivity index (χ4n) is 3.84. The van der Waals surface area contributed by atoms with Gasteiger partial charge < -0.3 is 14.5 Å². The van der Waals surface area contributed by atoms with E-state index in [2.05, 4.69) is 14.8 Å². The first kappa shape index (κ1) is 18.2. The van der Waals surface area contributed by atoms with Crippen molar-refractivity contribution >= 4 is 5.91 Å². The van der Waals surface area contributed by atoms with Crippen LogP contribution in [0, 0.1) is 5.92 Å². The zero-order valence-electron chi connectivity index (χ0n) is 15.2. The number of carbonyl (C=O) groups excluding carboxylic acids is 1. The summed E-state index contributed by atoms with van der Waals surface area (Å²) in [5.41, 5.74) is 0. The highest BCUT2D eigenvalue weighted by Gasteiger charge is 2.23. The molecule has 2 aliphatic rings. The van der Waals surface area contributed by atoms with E-state index in [0.717, 1.165) is 51.3 Å². The van der Waals surface area contributed by atoms with E-state index in [1.165, 1.54) is 32.4 Å². The number of carbonyl (C=O) groups is 1. The van der Waals surface area contributed by atoms with Crippen molar-refractivity contribution in [1.82, 2.24) is 14.8 Å². The smallest absolute Gasteiger partial charge is 0.223 e. The second-order valence-electron chi connectivity index (χ2n) is 7.30. The quantitative estimate of drug-likeness (QED) is 0.762. The van der Waals surface area contributed by atoms with Gasteiger partial charge in [0.05, 0.1) is 12.8 Å². The highest BCUT2D eigenvalue weighted by molar-refractivity contribution is 5.76. The molecule has 0 aliphatic carbocycles. The van der Waals surface area contributed by atoms with Crippen molar-refractivity contribution in [1.29, 1.82) is 0 Å². The van der Waals surface area contributed by atoms with Gasteiger partial charge in [0.1, 0.15) is 5.75 Å². The highest BCUT2D eigenvalue weighted by Crippen LogP contribution is 2.21. The number of hydrogen-bond acceptors (Lipinski definition) is 4. The maximum absolute atomic E-state index is 12.4. The van der Waals surface area contributed by atoms with Gasteiger partial charge in [-0.3, -0.25) is 9.78 Å². The molecule has 2 saturated heterocycles. The number of nitrogens with zero attached hydrogens (tertiary/aromatic N) is 3. The van der Waals surface area contributed by atoms with Crippen LogP contribution >= 0.6 is 0 Å². The van der Waals surface area contributed by atoms with Crippen LogP contribution in [0.15, 0.2) is 24.5 Å². The number of amides is 1. The van der Waals surface area contributed by atoms with E-state index in [9.17, 15) is 4.79 Å². The summed E-state index contributed by atoms with van der Waals surface area (Å²) in [5, 5.41) is 0. The molecule has 3 rings (SSSR count). The van der Waals surface area contributed by atoms with Crippen LogP contribution in [0.25, 0.3) is 0 Å². The molecule has 1 aromatic rings. The molecule has 2 aliphatic heterocycles. The van der Waals surface area contributed by atoms with E-state index >= 15 is 0 Å². The molecule has 0 aromatic carbocycles. The Morgan fingerprint density at radius 1 is 1.16 bits per heavy atom. The molecule has 0 atom stereocenters. The summed E-state index contributed by atoms with van der Waals surface area (Å²) in [6.07, 6.45) is 11.4. The average Bonchev–Trinajstić information content (AvgIpc) is 2.68. The number of piperidine rings is 2. The molecule has 0 bridgehead atoms. The Balaban J connectivity index is 1.29. The van der Waals surface area contributed by atoms with Gasteiger partial charge in [-0.1, -0.05) is 6.42 Å². The summed E-state index contributed by atoms with van der Waals surface area (Å²) in [6.45, 7) is 5.85. The summed E-state index contributed by atoms with van der Waals surface area (Å²) >= 11 is 0. The first-order valence-corrected chi connectivity index (χ1v) is 9.84. The van der Waals surface area contributed by atoms with E-state index in [0.29, 0.717) is 18.2 Å². The first-order chi connectivity index (χ1) is 12.3. The SMILES string of the molecule is O=C(CCN1CCCCC1)N1CCC(CCOc2cccnc2)CC1. The first-order valence-electron chi connectivity index (χ1n) is 9.84. The normalized spacial score (nSPS) is 19.8. The molecule has 0 spiro atoms. The predicted molar refractivity (Wildman–Crippen MR) is 98.6 cm³/mol. The Bertz CT molecular complexity index is 509. The van der Waals surface area contributed by atoms with Crippen LogP contribution in [0.4, 0.5) is 0 Å². The predicted octanol–water partition coefficient (Wildman–Crippen LogP) is 2.97. The van der Waals surface area contributed by atoms with Crippen molar-refractivity contribution in [2.24, 2.45) is 5.92 Å². The lowest BCUT2D eigenvalue weighted by molar-refractivity contribution is -0.133. The van der Waals surface area contributed by atoms with Crippen LogP contribution < -0.4 is 4.74 Å². The molecule has 5 heteroatoms. The molecule has 2 fully saturated rings. The van der Waals surface area contributed by atoms with E-state index in [1.54, 1.807) is 12.4 Å². The van der Waals surface area contributed by atoms with Crippen molar-refractivity contribution in [3.63, 3.8) is 0 Å². The number of hydrogen-bond donors (Lipinski definition) is 0. The second kappa shape index (κ2) is 9.76. The topological polar surface area (TPSA) is 45.7 Å². The summed E-state index contributed by atoms with van der Waals surface area (Å²) < 4.78 is 5.74. The van der Waals surface area contributed by atoms with Gasteiger partial charge in [-0.2, -0.15) is 0 Å². The van der Waals surface area contributed by atoms with Gasteiger partial charge in [-0.25, -0.2) is 0 Å². The summed E-state index contributed by atoms with van der Waals surface area (Å²) in [5.74, 6) is 1.85. The highest BCUT2D eigenvalue weighted by atomic mass is 16.5. The standard InChI is InChI=1S/C20H31N3O2/c24-20(8-13-22-11-2-1-3-12-22)23-14-6-18(7-15-23)9-16-25-19-5-4-10-21-17-19/h4-5,10,17-18H,1-3,6-9,11-16H2. The molecule has 0 saturated carbocycles.